The summed E-state index contributed by atoms with van der Waals surface area (Å²) in [6, 6.07) is 3.95. The summed E-state index contributed by atoms with van der Waals surface area (Å²) >= 11 is 2.93. The number of aromatic nitrogens is 3. The first-order valence-corrected chi connectivity index (χ1v) is 9.44. The third-order valence-electron chi connectivity index (χ3n) is 3.97. The standard InChI is InChI=1S/C15H16N6O2S2/c1-8-6-11(25-20-8)18-14-17-10-3-5-24-12(10)13(19-14)16-9-2-4-21(7-9)15(22)23/h3,5-6,9H,2,4,7H2,1H3,(H,22,23)(H2,16,17,18,19)/t9-/m1/s1. The minimum absolute atomic E-state index is 0.0507. The van der Waals surface area contributed by atoms with Crippen LogP contribution in [-0.2, 0) is 0 Å². The maximum atomic E-state index is 11.1. The van der Waals surface area contributed by atoms with Crippen molar-refractivity contribution in [2.24, 2.45) is 0 Å². The van der Waals surface area contributed by atoms with E-state index >= 15 is 0 Å². The van der Waals surface area contributed by atoms with E-state index in [1.807, 2.05) is 24.4 Å². The minimum atomic E-state index is -0.879. The normalized spacial score (nSPS) is 17.2. The van der Waals surface area contributed by atoms with Crippen LogP contribution in [0.1, 0.15) is 12.1 Å². The van der Waals surface area contributed by atoms with Gasteiger partial charge in [-0.15, -0.1) is 11.3 Å². The molecule has 4 rings (SSSR count). The molecule has 1 aliphatic rings. The van der Waals surface area contributed by atoms with E-state index in [1.54, 1.807) is 11.3 Å². The molecule has 0 spiro atoms. The van der Waals surface area contributed by atoms with Crippen molar-refractivity contribution in [3.8, 4) is 0 Å². The average Bonchev–Trinajstić information content (AvgIpc) is 3.28. The Kier molecular flexibility index (Phi) is 4.14. The Morgan fingerprint density at radius 3 is 3.04 bits per heavy atom. The average molecular weight is 376 g/mol. The van der Waals surface area contributed by atoms with Crippen molar-refractivity contribution >= 4 is 55.9 Å². The summed E-state index contributed by atoms with van der Waals surface area (Å²) in [5.41, 5.74) is 1.81. The molecule has 10 heteroatoms. The molecule has 3 N–H and O–H groups in total. The number of nitrogens with one attached hydrogen (secondary N) is 2. The Bertz CT molecular complexity index is 924. The van der Waals surface area contributed by atoms with E-state index in [9.17, 15) is 4.79 Å². The minimum Gasteiger partial charge on any atom is -0.465 e. The Labute approximate surface area is 151 Å². The van der Waals surface area contributed by atoms with Gasteiger partial charge in [0.15, 0.2) is 0 Å². The van der Waals surface area contributed by atoms with Crippen molar-refractivity contribution in [3.05, 3.63) is 23.2 Å². The van der Waals surface area contributed by atoms with Crippen LogP contribution < -0.4 is 10.6 Å². The number of anilines is 3. The summed E-state index contributed by atoms with van der Waals surface area (Å²) in [5.74, 6) is 1.24. The highest BCUT2D eigenvalue weighted by Gasteiger charge is 2.26. The number of likely N-dealkylation sites (tertiary alicyclic amines) is 1. The lowest BCUT2D eigenvalue weighted by molar-refractivity contribution is 0.155. The van der Waals surface area contributed by atoms with E-state index < -0.39 is 6.09 Å². The molecule has 130 valence electrons. The van der Waals surface area contributed by atoms with Crippen molar-refractivity contribution in [2.75, 3.05) is 23.7 Å². The van der Waals surface area contributed by atoms with Crippen molar-refractivity contribution in [1.82, 2.24) is 19.2 Å². The molecule has 4 heterocycles. The number of amides is 1. The maximum Gasteiger partial charge on any atom is 0.407 e. The molecular formula is C15H16N6O2S2. The van der Waals surface area contributed by atoms with E-state index in [0.29, 0.717) is 19.0 Å². The largest absolute Gasteiger partial charge is 0.465 e. The van der Waals surface area contributed by atoms with Crippen molar-refractivity contribution < 1.29 is 9.90 Å². The second-order valence-electron chi connectivity index (χ2n) is 5.85. The summed E-state index contributed by atoms with van der Waals surface area (Å²) in [6.07, 6.45) is -0.115. The van der Waals surface area contributed by atoms with E-state index in [1.165, 1.54) is 16.4 Å². The molecule has 3 aromatic heterocycles. The zero-order valence-corrected chi connectivity index (χ0v) is 15.0. The number of hydrogen-bond acceptors (Lipinski definition) is 8. The quantitative estimate of drug-likeness (QED) is 0.641. The third-order valence-corrected chi connectivity index (χ3v) is 5.67. The van der Waals surface area contributed by atoms with Gasteiger partial charge in [-0.25, -0.2) is 9.78 Å². The van der Waals surface area contributed by atoms with Gasteiger partial charge in [-0.3, -0.25) is 0 Å². The molecule has 0 radical (unpaired) electrons. The van der Waals surface area contributed by atoms with Crippen LogP contribution in [0.4, 0.5) is 21.6 Å². The molecule has 1 atom stereocenters. The van der Waals surface area contributed by atoms with Crippen LogP contribution in [0.3, 0.4) is 0 Å². The molecule has 1 amide bonds. The molecule has 1 fully saturated rings. The lowest BCUT2D eigenvalue weighted by Gasteiger charge is -2.15. The van der Waals surface area contributed by atoms with Gasteiger partial charge in [-0.2, -0.15) is 9.36 Å². The van der Waals surface area contributed by atoms with Crippen molar-refractivity contribution in [1.29, 1.82) is 0 Å². The molecule has 0 saturated carbocycles. The Hall–Kier alpha value is -2.46. The number of fused-ring (bicyclic) bond motifs is 1. The van der Waals surface area contributed by atoms with Crippen molar-refractivity contribution in [2.45, 2.75) is 19.4 Å². The summed E-state index contributed by atoms with van der Waals surface area (Å²) in [6.45, 7) is 2.94. The highest BCUT2D eigenvalue weighted by molar-refractivity contribution is 7.17. The number of hydrogen-bond donors (Lipinski definition) is 3. The zero-order chi connectivity index (χ0) is 17.4. The van der Waals surface area contributed by atoms with Gasteiger partial charge >= 0.3 is 6.09 Å². The van der Waals surface area contributed by atoms with E-state index in [4.69, 9.17) is 5.11 Å². The molecule has 8 nitrogen and oxygen atoms in total. The van der Waals surface area contributed by atoms with Gasteiger partial charge in [0.2, 0.25) is 5.95 Å². The van der Waals surface area contributed by atoms with Gasteiger partial charge in [0.05, 0.1) is 15.9 Å². The first kappa shape index (κ1) is 16.0. The van der Waals surface area contributed by atoms with E-state index in [2.05, 4.69) is 25.0 Å². The lowest BCUT2D eigenvalue weighted by atomic mass is 10.2. The van der Waals surface area contributed by atoms with Crippen LogP contribution in [-0.4, -0.2) is 49.6 Å². The molecule has 0 aromatic carbocycles. The summed E-state index contributed by atoms with van der Waals surface area (Å²) in [7, 11) is 0. The summed E-state index contributed by atoms with van der Waals surface area (Å²) in [4.78, 5) is 21.7. The van der Waals surface area contributed by atoms with E-state index in [-0.39, 0.29) is 6.04 Å². The van der Waals surface area contributed by atoms with Crippen molar-refractivity contribution in [3.63, 3.8) is 0 Å². The number of carboxylic acid groups (broad SMARTS) is 1. The molecule has 25 heavy (non-hydrogen) atoms. The number of aryl methyl sites for hydroxylation is 1. The summed E-state index contributed by atoms with van der Waals surface area (Å²) in [5, 5.41) is 18.5. The molecule has 3 aromatic rings. The van der Waals surface area contributed by atoms with Gasteiger partial charge in [-0.05, 0) is 42.4 Å². The van der Waals surface area contributed by atoms with Gasteiger partial charge in [-0.1, -0.05) is 0 Å². The van der Waals surface area contributed by atoms with Crippen LogP contribution in [0.5, 0.6) is 0 Å². The molecule has 1 aliphatic heterocycles. The molecule has 0 unspecified atom stereocenters. The smallest absolute Gasteiger partial charge is 0.407 e. The monoisotopic (exact) mass is 376 g/mol. The molecule has 0 aliphatic carbocycles. The first-order chi connectivity index (χ1) is 12.1. The van der Waals surface area contributed by atoms with Crippen LogP contribution in [0.15, 0.2) is 17.5 Å². The SMILES string of the molecule is Cc1cc(Nc2nc(N[C@@H]3CCN(C(=O)O)C3)c3sccc3n2)sn1. The van der Waals surface area contributed by atoms with Gasteiger partial charge in [0, 0.05) is 19.1 Å². The first-order valence-electron chi connectivity index (χ1n) is 7.78. The number of rotatable bonds is 4. The Morgan fingerprint density at radius 1 is 1.44 bits per heavy atom. The predicted molar refractivity (Wildman–Crippen MR) is 99.2 cm³/mol. The fourth-order valence-corrected chi connectivity index (χ4v) is 4.23. The maximum absolute atomic E-state index is 11.1. The highest BCUT2D eigenvalue weighted by atomic mass is 32.1. The number of carbonyl (C=O) groups is 1. The Morgan fingerprint density at radius 2 is 2.32 bits per heavy atom. The second-order valence-corrected chi connectivity index (χ2v) is 7.57. The molecule has 0 bridgehead atoms. The highest BCUT2D eigenvalue weighted by Crippen LogP contribution is 2.30. The number of nitrogens with zero attached hydrogens (tertiary/aromatic N) is 4. The molecular weight excluding hydrogens is 360 g/mol. The predicted octanol–water partition coefficient (Wildman–Crippen LogP) is 3.36. The lowest BCUT2D eigenvalue weighted by Crippen LogP contribution is -2.30. The Balaban J connectivity index is 1.59. The summed E-state index contributed by atoms with van der Waals surface area (Å²) < 4.78 is 5.22. The van der Waals surface area contributed by atoms with E-state index in [0.717, 1.165) is 33.2 Å². The second kappa shape index (κ2) is 6.45. The third kappa shape index (κ3) is 3.35. The van der Waals surface area contributed by atoms with Gasteiger partial charge in [0.1, 0.15) is 10.8 Å². The van der Waals surface area contributed by atoms with Crippen LogP contribution in [0.2, 0.25) is 0 Å². The zero-order valence-electron chi connectivity index (χ0n) is 13.4. The fraction of sp³-hybridized carbons (Fsp3) is 0.333. The van der Waals surface area contributed by atoms with Crippen LogP contribution >= 0.6 is 22.9 Å². The van der Waals surface area contributed by atoms with Crippen LogP contribution in [0.25, 0.3) is 10.2 Å². The fourth-order valence-electron chi connectivity index (χ4n) is 2.80. The van der Waals surface area contributed by atoms with Gasteiger partial charge in [0.25, 0.3) is 0 Å². The van der Waals surface area contributed by atoms with Crippen LogP contribution in [0, 0.1) is 6.92 Å². The number of thiophene rings is 1. The van der Waals surface area contributed by atoms with Gasteiger partial charge < -0.3 is 20.6 Å². The topological polar surface area (TPSA) is 103 Å². The molecule has 1 saturated heterocycles.